The van der Waals surface area contributed by atoms with E-state index < -0.39 is 28.5 Å². The highest BCUT2D eigenvalue weighted by Crippen LogP contribution is 2.28. The summed E-state index contributed by atoms with van der Waals surface area (Å²) in [7, 11) is -3.86. The number of aryl methyl sites for hydroxylation is 1. The predicted octanol–water partition coefficient (Wildman–Crippen LogP) is 4.89. The Hall–Kier alpha value is -3.36. The molecule has 0 fully saturated rings. The summed E-state index contributed by atoms with van der Waals surface area (Å²) in [6, 6.07) is 21.2. The van der Waals surface area contributed by atoms with Crippen molar-refractivity contribution in [3.63, 3.8) is 0 Å². The standard InChI is InChI=1S/C30H36ClN3O4S/c1-5-18-32-30(36)28(19-24-13-7-6-8-14-24)33(20-25-15-10-9-12-22(25)2)29(35)21-34(39(4,37)38)27-17-11-16-26(31)23(27)3/h6-17,28H,5,18-21H2,1-4H3,(H,32,36)/t28-/m0/s1. The van der Waals surface area contributed by atoms with Crippen LogP contribution in [0.15, 0.2) is 72.8 Å². The maximum Gasteiger partial charge on any atom is 0.244 e. The van der Waals surface area contributed by atoms with E-state index in [2.05, 4.69) is 5.32 Å². The van der Waals surface area contributed by atoms with Crippen molar-refractivity contribution >= 4 is 39.1 Å². The number of benzene rings is 3. The molecular formula is C30H36ClN3O4S. The van der Waals surface area contributed by atoms with Gasteiger partial charge >= 0.3 is 0 Å². The SMILES string of the molecule is CCCNC(=O)[C@H](Cc1ccccc1)N(Cc1ccccc1C)C(=O)CN(c1cccc(Cl)c1C)S(C)(=O)=O. The monoisotopic (exact) mass is 569 g/mol. The second-order valence-corrected chi connectivity index (χ2v) is 11.9. The highest BCUT2D eigenvalue weighted by atomic mass is 35.5. The first-order chi connectivity index (χ1) is 18.5. The summed E-state index contributed by atoms with van der Waals surface area (Å²) >= 11 is 6.29. The molecule has 3 rings (SSSR count). The van der Waals surface area contributed by atoms with E-state index in [1.165, 1.54) is 4.90 Å². The summed E-state index contributed by atoms with van der Waals surface area (Å²) in [6.45, 7) is 5.75. The Bertz CT molecular complexity index is 1400. The number of anilines is 1. The lowest BCUT2D eigenvalue weighted by molar-refractivity contribution is -0.140. The molecule has 3 aromatic rings. The average Bonchev–Trinajstić information content (AvgIpc) is 2.90. The number of nitrogens with one attached hydrogen (secondary N) is 1. The highest BCUT2D eigenvalue weighted by molar-refractivity contribution is 7.92. The molecule has 0 bridgehead atoms. The fraction of sp³-hybridized carbons (Fsp3) is 0.333. The minimum Gasteiger partial charge on any atom is -0.354 e. The molecule has 39 heavy (non-hydrogen) atoms. The minimum absolute atomic E-state index is 0.148. The number of hydrogen-bond donors (Lipinski definition) is 1. The molecule has 0 spiro atoms. The van der Waals surface area contributed by atoms with Gasteiger partial charge in [-0.2, -0.15) is 0 Å². The first-order valence-electron chi connectivity index (χ1n) is 12.9. The number of rotatable bonds is 12. The van der Waals surface area contributed by atoms with E-state index in [0.717, 1.165) is 33.7 Å². The van der Waals surface area contributed by atoms with Crippen molar-refractivity contribution in [3.05, 3.63) is 100 Å². The number of carbonyl (C=O) groups excluding carboxylic acids is 2. The van der Waals surface area contributed by atoms with Crippen molar-refractivity contribution in [1.82, 2.24) is 10.2 Å². The second-order valence-electron chi connectivity index (χ2n) is 9.60. The lowest BCUT2D eigenvalue weighted by Gasteiger charge is -2.34. The van der Waals surface area contributed by atoms with Crippen LogP contribution in [0.4, 0.5) is 5.69 Å². The first kappa shape index (κ1) is 30.2. The Morgan fingerprint density at radius 1 is 0.949 bits per heavy atom. The minimum atomic E-state index is -3.86. The highest BCUT2D eigenvalue weighted by Gasteiger charge is 2.33. The maximum atomic E-state index is 14.1. The molecule has 0 aliphatic rings. The summed E-state index contributed by atoms with van der Waals surface area (Å²) in [6.07, 6.45) is 2.08. The number of halogens is 1. The molecule has 0 unspecified atom stereocenters. The van der Waals surface area contributed by atoms with Crippen molar-refractivity contribution in [2.24, 2.45) is 0 Å². The number of nitrogens with zero attached hydrogens (tertiary/aromatic N) is 2. The Kier molecular flexibility index (Phi) is 10.5. The maximum absolute atomic E-state index is 14.1. The van der Waals surface area contributed by atoms with Crippen LogP contribution in [0, 0.1) is 13.8 Å². The largest absolute Gasteiger partial charge is 0.354 e. The normalized spacial score (nSPS) is 12.0. The molecule has 9 heteroatoms. The van der Waals surface area contributed by atoms with Gasteiger partial charge in [0.2, 0.25) is 21.8 Å². The van der Waals surface area contributed by atoms with Gasteiger partial charge in [0.1, 0.15) is 12.6 Å². The number of hydrogen-bond acceptors (Lipinski definition) is 4. The van der Waals surface area contributed by atoms with Gasteiger partial charge < -0.3 is 10.2 Å². The van der Waals surface area contributed by atoms with Gasteiger partial charge in [-0.15, -0.1) is 0 Å². The second kappa shape index (κ2) is 13.6. The molecule has 3 aromatic carbocycles. The van der Waals surface area contributed by atoms with Crippen LogP contribution in [0.25, 0.3) is 0 Å². The molecule has 7 nitrogen and oxygen atoms in total. The van der Waals surface area contributed by atoms with Gasteiger partial charge in [0.05, 0.1) is 11.9 Å². The van der Waals surface area contributed by atoms with E-state index in [4.69, 9.17) is 11.6 Å². The summed E-state index contributed by atoms with van der Waals surface area (Å²) in [4.78, 5) is 29.1. The van der Waals surface area contributed by atoms with Crippen molar-refractivity contribution < 1.29 is 18.0 Å². The molecule has 0 radical (unpaired) electrons. The molecular weight excluding hydrogens is 534 g/mol. The molecule has 0 saturated carbocycles. The molecule has 2 amide bonds. The topological polar surface area (TPSA) is 86.8 Å². The van der Waals surface area contributed by atoms with Crippen molar-refractivity contribution in [3.8, 4) is 0 Å². The van der Waals surface area contributed by atoms with Gasteiger partial charge in [-0.1, -0.05) is 79.2 Å². The van der Waals surface area contributed by atoms with Crippen LogP contribution in [0.3, 0.4) is 0 Å². The summed E-state index contributed by atoms with van der Waals surface area (Å²) < 4.78 is 26.9. The summed E-state index contributed by atoms with van der Waals surface area (Å²) in [5, 5.41) is 3.33. The third kappa shape index (κ3) is 8.07. The lowest BCUT2D eigenvalue weighted by atomic mass is 10.0. The third-order valence-electron chi connectivity index (χ3n) is 6.61. The van der Waals surface area contributed by atoms with Crippen LogP contribution < -0.4 is 9.62 Å². The van der Waals surface area contributed by atoms with Gasteiger partial charge in [-0.25, -0.2) is 8.42 Å². The Morgan fingerprint density at radius 3 is 2.26 bits per heavy atom. The van der Waals surface area contributed by atoms with E-state index >= 15 is 0 Å². The number of carbonyl (C=O) groups is 2. The quantitative estimate of drug-likeness (QED) is 0.336. The summed E-state index contributed by atoms with van der Waals surface area (Å²) in [5.41, 5.74) is 3.60. The molecule has 1 atom stereocenters. The lowest BCUT2D eigenvalue weighted by Crippen LogP contribution is -2.53. The molecule has 0 heterocycles. The zero-order valence-electron chi connectivity index (χ0n) is 22.9. The molecule has 0 aliphatic carbocycles. The van der Waals surface area contributed by atoms with Gasteiger partial charge in [-0.05, 0) is 54.7 Å². The van der Waals surface area contributed by atoms with E-state index in [1.54, 1.807) is 25.1 Å². The van der Waals surface area contributed by atoms with Gasteiger partial charge in [0, 0.05) is 24.5 Å². The smallest absolute Gasteiger partial charge is 0.244 e. The van der Waals surface area contributed by atoms with Crippen molar-refractivity contribution in [2.45, 2.75) is 46.2 Å². The van der Waals surface area contributed by atoms with Gasteiger partial charge in [0.25, 0.3) is 0 Å². The van der Waals surface area contributed by atoms with Crippen LogP contribution in [0.1, 0.15) is 35.6 Å². The molecule has 0 aromatic heterocycles. The van der Waals surface area contributed by atoms with Gasteiger partial charge in [-0.3, -0.25) is 13.9 Å². The van der Waals surface area contributed by atoms with Crippen molar-refractivity contribution in [2.75, 3.05) is 23.7 Å². The van der Waals surface area contributed by atoms with Crippen LogP contribution in [-0.4, -0.2) is 50.5 Å². The predicted molar refractivity (Wildman–Crippen MR) is 157 cm³/mol. The molecule has 1 N–H and O–H groups in total. The van der Waals surface area contributed by atoms with E-state index in [0.29, 0.717) is 22.8 Å². The number of sulfonamides is 1. The summed E-state index contributed by atoms with van der Waals surface area (Å²) in [5.74, 6) is -0.775. The fourth-order valence-electron chi connectivity index (χ4n) is 4.35. The van der Waals surface area contributed by atoms with E-state index in [-0.39, 0.29) is 18.9 Å². The van der Waals surface area contributed by atoms with Crippen LogP contribution in [0.5, 0.6) is 0 Å². The zero-order valence-corrected chi connectivity index (χ0v) is 24.4. The van der Waals surface area contributed by atoms with E-state index in [1.807, 2.05) is 68.4 Å². The van der Waals surface area contributed by atoms with Crippen molar-refractivity contribution in [1.29, 1.82) is 0 Å². The van der Waals surface area contributed by atoms with Crippen LogP contribution >= 0.6 is 11.6 Å². The van der Waals surface area contributed by atoms with Gasteiger partial charge in [0.15, 0.2) is 0 Å². The average molecular weight is 570 g/mol. The zero-order chi connectivity index (χ0) is 28.6. The molecule has 0 aliphatic heterocycles. The molecule has 208 valence electrons. The Labute approximate surface area is 236 Å². The van der Waals surface area contributed by atoms with Crippen LogP contribution in [-0.2, 0) is 32.6 Å². The van der Waals surface area contributed by atoms with E-state index in [9.17, 15) is 18.0 Å². The fourth-order valence-corrected chi connectivity index (χ4v) is 5.42. The Morgan fingerprint density at radius 2 is 1.62 bits per heavy atom. The Balaban J connectivity index is 2.08. The van der Waals surface area contributed by atoms with Crippen LogP contribution in [0.2, 0.25) is 5.02 Å². The third-order valence-corrected chi connectivity index (χ3v) is 8.15. The number of amides is 2. The first-order valence-corrected chi connectivity index (χ1v) is 15.1. The molecule has 0 saturated heterocycles.